The number of benzene rings is 1. The van der Waals surface area contributed by atoms with Gasteiger partial charge in [-0.05, 0) is 30.7 Å². The zero-order chi connectivity index (χ0) is 18.2. The van der Waals surface area contributed by atoms with Gasteiger partial charge in [-0.2, -0.15) is 0 Å². The van der Waals surface area contributed by atoms with Crippen LogP contribution in [-0.4, -0.2) is 37.6 Å². The highest BCUT2D eigenvalue weighted by molar-refractivity contribution is 5.94. The maximum absolute atomic E-state index is 12.3. The number of hydrogen-bond donors (Lipinski definition) is 1. The lowest BCUT2D eigenvalue weighted by atomic mass is 10.2. The molecule has 138 valence electrons. The van der Waals surface area contributed by atoms with E-state index in [2.05, 4.69) is 39.2 Å². The molecule has 0 bridgehead atoms. The number of ether oxygens (including phenoxy) is 1. The van der Waals surface area contributed by atoms with Crippen LogP contribution in [0.4, 0.5) is 11.4 Å². The number of nitrogens with zero attached hydrogens (tertiary/aromatic N) is 3. The molecule has 1 amide bonds. The molecule has 0 saturated carbocycles. The van der Waals surface area contributed by atoms with Gasteiger partial charge in [0.25, 0.3) is 5.91 Å². The lowest BCUT2D eigenvalue weighted by Gasteiger charge is -2.22. The molecule has 3 rings (SSSR count). The van der Waals surface area contributed by atoms with Gasteiger partial charge in [-0.25, -0.2) is 0 Å². The van der Waals surface area contributed by atoms with E-state index in [4.69, 9.17) is 4.74 Å². The maximum atomic E-state index is 12.3. The molecule has 26 heavy (non-hydrogen) atoms. The van der Waals surface area contributed by atoms with E-state index < -0.39 is 0 Å². The normalized spacial score (nSPS) is 13.0. The molecule has 0 fully saturated rings. The second kappa shape index (κ2) is 9.20. The van der Waals surface area contributed by atoms with Crippen molar-refractivity contribution >= 4 is 17.3 Å². The van der Waals surface area contributed by atoms with Crippen LogP contribution in [0.5, 0.6) is 0 Å². The van der Waals surface area contributed by atoms with Crippen LogP contribution >= 0.6 is 0 Å². The van der Waals surface area contributed by atoms with Gasteiger partial charge < -0.3 is 19.9 Å². The summed E-state index contributed by atoms with van der Waals surface area (Å²) in [5.74, 6) is -0.121. The number of rotatable bonds is 9. The summed E-state index contributed by atoms with van der Waals surface area (Å²) < 4.78 is 5.82. The number of carbonyl (C=O) groups excluding carboxylic acids is 1. The van der Waals surface area contributed by atoms with Crippen LogP contribution in [0.2, 0.25) is 0 Å². The van der Waals surface area contributed by atoms with Crippen molar-refractivity contribution in [2.45, 2.75) is 26.2 Å². The SMILES string of the molecule is CCCCCOCN1CN(CNC(=O)c2cccnc2)c2ccccc21. The summed E-state index contributed by atoms with van der Waals surface area (Å²) in [6, 6.07) is 11.7. The number of anilines is 2. The first-order valence-corrected chi connectivity index (χ1v) is 9.14. The Morgan fingerprint density at radius 1 is 1.15 bits per heavy atom. The van der Waals surface area contributed by atoms with E-state index in [1.165, 1.54) is 12.8 Å². The maximum Gasteiger partial charge on any atom is 0.254 e. The van der Waals surface area contributed by atoms with Gasteiger partial charge in [0.15, 0.2) is 0 Å². The molecule has 0 unspecified atom stereocenters. The van der Waals surface area contributed by atoms with E-state index in [0.29, 0.717) is 25.6 Å². The molecule has 2 aromatic rings. The largest absolute Gasteiger partial charge is 0.361 e. The molecule has 1 aliphatic heterocycles. The second-order valence-electron chi connectivity index (χ2n) is 6.36. The molecule has 1 N–H and O–H groups in total. The Morgan fingerprint density at radius 3 is 2.69 bits per heavy atom. The Bertz CT molecular complexity index is 708. The molecule has 6 nitrogen and oxygen atoms in total. The van der Waals surface area contributed by atoms with Crippen LogP contribution < -0.4 is 15.1 Å². The Kier molecular flexibility index (Phi) is 6.44. The average molecular weight is 354 g/mol. The van der Waals surface area contributed by atoms with E-state index >= 15 is 0 Å². The number of hydrogen-bond acceptors (Lipinski definition) is 5. The third-order valence-corrected chi connectivity index (χ3v) is 4.40. The van der Waals surface area contributed by atoms with E-state index in [-0.39, 0.29) is 5.91 Å². The number of fused-ring (bicyclic) bond motifs is 1. The summed E-state index contributed by atoms with van der Waals surface area (Å²) in [6.45, 7) is 4.67. The Balaban J connectivity index is 1.56. The second-order valence-corrected chi connectivity index (χ2v) is 6.36. The van der Waals surface area contributed by atoms with Crippen LogP contribution in [0.15, 0.2) is 48.8 Å². The summed E-state index contributed by atoms with van der Waals surface area (Å²) in [5, 5.41) is 2.97. The first-order valence-electron chi connectivity index (χ1n) is 9.14. The highest BCUT2D eigenvalue weighted by Crippen LogP contribution is 2.34. The molecule has 0 atom stereocenters. The lowest BCUT2D eigenvalue weighted by Crippen LogP contribution is -2.40. The van der Waals surface area contributed by atoms with E-state index in [1.54, 1.807) is 24.5 Å². The van der Waals surface area contributed by atoms with Crippen LogP contribution in [0.3, 0.4) is 0 Å². The fourth-order valence-electron chi connectivity index (χ4n) is 3.00. The Morgan fingerprint density at radius 2 is 1.96 bits per heavy atom. The topological polar surface area (TPSA) is 57.7 Å². The first kappa shape index (κ1) is 18.2. The summed E-state index contributed by atoms with van der Waals surface area (Å²) >= 11 is 0. The van der Waals surface area contributed by atoms with Crippen LogP contribution in [0, 0.1) is 0 Å². The van der Waals surface area contributed by atoms with Crippen molar-refractivity contribution in [2.24, 2.45) is 0 Å². The summed E-state index contributed by atoms with van der Waals surface area (Å²) in [6.07, 6.45) is 6.72. The molecule has 1 aromatic carbocycles. The number of amides is 1. The van der Waals surface area contributed by atoms with Gasteiger partial charge >= 0.3 is 0 Å². The zero-order valence-electron chi connectivity index (χ0n) is 15.2. The van der Waals surface area contributed by atoms with Crippen LogP contribution in [0.25, 0.3) is 0 Å². The quantitative estimate of drug-likeness (QED) is 0.701. The number of aromatic nitrogens is 1. The van der Waals surface area contributed by atoms with Crippen molar-refractivity contribution in [1.82, 2.24) is 10.3 Å². The van der Waals surface area contributed by atoms with Gasteiger partial charge in [-0.15, -0.1) is 0 Å². The van der Waals surface area contributed by atoms with E-state index in [1.807, 2.05) is 12.1 Å². The fraction of sp³-hybridized carbons (Fsp3) is 0.400. The van der Waals surface area contributed by atoms with Crippen molar-refractivity contribution in [3.05, 3.63) is 54.4 Å². The molecule has 0 saturated heterocycles. The molecular formula is C20H26N4O2. The molecule has 6 heteroatoms. The van der Waals surface area contributed by atoms with Crippen LogP contribution in [0.1, 0.15) is 36.5 Å². The van der Waals surface area contributed by atoms with Gasteiger partial charge in [-0.3, -0.25) is 9.78 Å². The van der Waals surface area contributed by atoms with Crippen molar-refractivity contribution in [3.8, 4) is 0 Å². The molecule has 0 spiro atoms. The standard InChI is InChI=1S/C20H26N4O2/c1-2-3-6-12-26-16-24-15-23(18-9-4-5-10-19(18)24)14-22-20(25)17-8-7-11-21-13-17/h4-5,7-11,13H,2-3,6,12,14-16H2,1H3,(H,22,25). The highest BCUT2D eigenvalue weighted by Gasteiger charge is 2.25. The third kappa shape index (κ3) is 4.52. The first-order chi connectivity index (χ1) is 12.8. The molecule has 0 aliphatic carbocycles. The minimum Gasteiger partial charge on any atom is -0.361 e. The van der Waals surface area contributed by atoms with Gasteiger partial charge in [-0.1, -0.05) is 31.9 Å². The third-order valence-electron chi connectivity index (χ3n) is 4.40. The van der Waals surface area contributed by atoms with Crippen molar-refractivity contribution in [2.75, 3.05) is 36.5 Å². The van der Waals surface area contributed by atoms with Crippen molar-refractivity contribution in [3.63, 3.8) is 0 Å². The summed E-state index contributed by atoms with van der Waals surface area (Å²) in [5.41, 5.74) is 2.81. The predicted octanol–water partition coefficient (Wildman–Crippen LogP) is 3.22. The molecule has 0 radical (unpaired) electrons. The minimum absolute atomic E-state index is 0.121. The zero-order valence-corrected chi connectivity index (χ0v) is 15.2. The summed E-state index contributed by atoms with van der Waals surface area (Å²) in [7, 11) is 0. The number of pyridine rings is 1. The molecule has 1 aliphatic rings. The minimum atomic E-state index is -0.121. The monoisotopic (exact) mass is 354 g/mol. The van der Waals surface area contributed by atoms with Gasteiger partial charge in [0.1, 0.15) is 6.73 Å². The highest BCUT2D eigenvalue weighted by atomic mass is 16.5. The van der Waals surface area contributed by atoms with Gasteiger partial charge in [0.05, 0.1) is 30.3 Å². The van der Waals surface area contributed by atoms with E-state index in [9.17, 15) is 4.79 Å². The smallest absolute Gasteiger partial charge is 0.254 e. The number of carbonyl (C=O) groups is 1. The van der Waals surface area contributed by atoms with Crippen LogP contribution in [-0.2, 0) is 4.74 Å². The molecule has 1 aromatic heterocycles. The number of nitrogens with one attached hydrogen (secondary N) is 1. The average Bonchev–Trinajstić information content (AvgIpc) is 3.04. The molecular weight excluding hydrogens is 328 g/mol. The lowest BCUT2D eigenvalue weighted by molar-refractivity contribution is 0.0953. The van der Waals surface area contributed by atoms with Crippen molar-refractivity contribution < 1.29 is 9.53 Å². The number of unbranched alkanes of at least 4 members (excludes halogenated alkanes) is 2. The number of para-hydroxylation sites is 2. The fourth-order valence-corrected chi connectivity index (χ4v) is 3.00. The van der Waals surface area contributed by atoms with E-state index in [0.717, 1.165) is 24.4 Å². The Hall–Kier alpha value is -2.60. The van der Waals surface area contributed by atoms with Gasteiger partial charge in [0.2, 0.25) is 0 Å². The summed E-state index contributed by atoms with van der Waals surface area (Å²) in [4.78, 5) is 20.6. The Labute approximate surface area is 154 Å². The van der Waals surface area contributed by atoms with Crippen molar-refractivity contribution in [1.29, 1.82) is 0 Å². The molecule has 2 heterocycles. The predicted molar refractivity (Wildman–Crippen MR) is 103 cm³/mol. The van der Waals surface area contributed by atoms with Gasteiger partial charge in [0, 0.05) is 19.0 Å².